The fraction of sp³-hybridized carbons (Fsp3) is 0.529. The minimum atomic E-state index is -0.922. The fourth-order valence-corrected chi connectivity index (χ4v) is 2.76. The van der Waals surface area contributed by atoms with E-state index in [-0.39, 0.29) is 19.6 Å². The number of hydrogen-bond donors (Lipinski definition) is 0. The molecule has 0 spiro atoms. The largest absolute Gasteiger partial charge is 0.465 e. The van der Waals surface area contributed by atoms with Crippen molar-refractivity contribution in [1.29, 1.82) is 0 Å². The Bertz CT molecular complexity index is 488. The third-order valence-corrected chi connectivity index (χ3v) is 4.23. The maximum absolute atomic E-state index is 11.8. The molecular formula is C17H23ClO5S. The predicted octanol–water partition coefficient (Wildman–Crippen LogP) is 3.58. The van der Waals surface area contributed by atoms with Gasteiger partial charge in [-0.15, -0.1) is 11.8 Å². The molecule has 0 fully saturated rings. The van der Waals surface area contributed by atoms with E-state index in [1.807, 2.05) is 24.3 Å². The molecule has 134 valence electrons. The summed E-state index contributed by atoms with van der Waals surface area (Å²) in [4.78, 5) is 24.7. The van der Waals surface area contributed by atoms with Gasteiger partial charge in [-0.2, -0.15) is 0 Å². The molecule has 0 unspecified atom stereocenters. The van der Waals surface area contributed by atoms with E-state index >= 15 is 0 Å². The second-order valence-electron chi connectivity index (χ2n) is 4.76. The highest BCUT2D eigenvalue weighted by Crippen LogP contribution is 2.20. The van der Waals surface area contributed by atoms with Gasteiger partial charge in [0.1, 0.15) is 0 Å². The third kappa shape index (κ3) is 8.04. The summed E-state index contributed by atoms with van der Waals surface area (Å²) < 4.78 is 15.3. The molecule has 24 heavy (non-hydrogen) atoms. The monoisotopic (exact) mass is 374 g/mol. The smallest absolute Gasteiger partial charge is 0.320 e. The summed E-state index contributed by atoms with van der Waals surface area (Å²) in [5.74, 6) is -1.27. The van der Waals surface area contributed by atoms with Crippen molar-refractivity contribution in [2.75, 3.05) is 32.2 Å². The number of hydrogen-bond acceptors (Lipinski definition) is 6. The zero-order chi connectivity index (χ0) is 17.8. The van der Waals surface area contributed by atoms with Crippen molar-refractivity contribution in [3.8, 4) is 0 Å². The quantitative estimate of drug-likeness (QED) is 0.255. The van der Waals surface area contributed by atoms with Gasteiger partial charge in [0, 0.05) is 22.3 Å². The lowest BCUT2D eigenvalue weighted by Crippen LogP contribution is -2.29. The van der Waals surface area contributed by atoms with Crippen LogP contribution in [0.5, 0.6) is 0 Å². The van der Waals surface area contributed by atoms with Crippen molar-refractivity contribution in [2.24, 2.45) is 5.92 Å². The van der Waals surface area contributed by atoms with Gasteiger partial charge in [0.05, 0.1) is 19.8 Å². The summed E-state index contributed by atoms with van der Waals surface area (Å²) in [5.41, 5.74) is 0. The molecule has 1 rings (SSSR count). The molecule has 0 N–H and O–H groups in total. The van der Waals surface area contributed by atoms with Crippen molar-refractivity contribution in [1.82, 2.24) is 0 Å². The summed E-state index contributed by atoms with van der Waals surface area (Å²) in [5, 5.41) is 0.708. The maximum Gasteiger partial charge on any atom is 0.320 e. The lowest BCUT2D eigenvalue weighted by atomic mass is 10.1. The minimum Gasteiger partial charge on any atom is -0.465 e. The highest BCUT2D eigenvalue weighted by molar-refractivity contribution is 7.99. The summed E-state index contributed by atoms with van der Waals surface area (Å²) in [7, 11) is 0. The van der Waals surface area contributed by atoms with Crippen LogP contribution in [0.2, 0.25) is 5.02 Å². The highest BCUT2D eigenvalue weighted by atomic mass is 35.5. The number of rotatable bonds is 11. The lowest BCUT2D eigenvalue weighted by Gasteiger charge is -2.14. The van der Waals surface area contributed by atoms with Gasteiger partial charge >= 0.3 is 11.9 Å². The number of halogens is 1. The van der Waals surface area contributed by atoms with Crippen LogP contribution >= 0.6 is 23.4 Å². The van der Waals surface area contributed by atoms with Crippen LogP contribution in [0.3, 0.4) is 0 Å². The fourth-order valence-electron chi connectivity index (χ4n) is 1.87. The molecule has 0 atom stereocenters. The molecule has 0 saturated heterocycles. The molecule has 0 aliphatic carbocycles. The summed E-state index contributed by atoms with van der Waals surface area (Å²) in [6.07, 6.45) is 0.253. The first kappa shape index (κ1) is 20.8. The Morgan fingerprint density at radius 1 is 1.04 bits per heavy atom. The Morgan fingerprint density at radius 2 is 1.62 bits per heavy atom. The average Bonchev–Trinajstić information content (AvgIpc) is 2.56. The van der Waals surface area contributed by atoms with Gasteiger partial charge in [0.2, 0.25) is 0 Å². The van der Waals surface area contributed by atoms with Gasteiger partial charge in [-0.25, -0.2) is 0 Å². The number of carbonyl (C=O) groups is 2. The van der Waals surface area contributed by atoms with Crippen molar-refractivity contribution < 1.29 is 23.8 Å². The maximum atomic E-state index is 11.8. The van der Waals surface area contributed by atoms with Gasteiger partial charge in [-0.3, -0.25) is 9.59 Å². The second kappa shape index (κ2) is 12.2. The van der Waals surface area contributed by atoms with Crippen molar-refractivity contribution in [2.45, 2.75) is 25.2 Å². The first-order valence-corrected chi connectivity index (χ1v) is 9.24. The Morgan fingerprint density at radius 3 is 2.17 bits per heavy atom. The van der Waals surface area contributed by atoms with Crippen LogP contribution in [0.25, 0.3) is 0 Å². The molecule has 7 heteroatoms. The summed E-state index contributed by atoms with van der Waals surface area (Å²) in [6, 6.07) is 7.58. The topological polar surface area (TPSA) is 61.8 Å². The highest BCUT2D eigenvalue weighted by Gasteiger charge is 2.29. The Hall–Kier alpha value is -1.24. The van der Waals surface area contributed by atoms with Gasteiger partial charge in [-0.1, -0.05) is 11.6 Å². The molecule has 0 bridgehead atoms. The standard InChI is InChI=1S/C17H23ClO5S/c1-3-22-16(19)15(17(20)23-4-2)9-10-21-11-12-24-14-7-5-13(18)6-8-14/h5-8,15H,3-4,9-12H2,1-2H3. The van der Waals surface area contributed by atoms with Crippen LogP contribution in [0.4, 0.5) is 0 Å². The number of carbonyl (C=O) groups excluding carboxylic acids is 2. The molecule has 0 amide bonds. The van der Waals surface area contributed by atoms with E-state index in [1.165, 1.54) is 0 Å². The molecule has 0 saturated carbocycles. The molecule has 1 aromatic rings. The van der Waals surface area contributed by atoms with Crippen LogP contribution in [0.1, 0.15) is 20.3 Å². The van der Waals surface area contributed by atoms with Gasteiger partial charge < -0.3 is 14.2 Å². The van der Waals surface area contributed by atoms with Crippen LogP contribution < -0.4 is 0 Å². The van der Waals surface area contributed by atoms with E-state index in [0.717, 1.165) is 10.6 Å². The zero-order valence-corrected chi connectivity index (χ0v) is 15.5. The van der Waals surface area contributed by atoms with Crippen molar-refractivity contribution in [3.63, 3.8) is 0 Å². The lowest BCUT2D eigenvalue weighted by molar-refractivity contribution is -0.162. The molecule has 0 aromatic heterocycles. The van der Waals surface area contributed by atoms with Gasteiger partial charge in [-0.05, 0) is 44.5 Å². The zero-order valence-electron chi connectivity index (χ0n) is 14.0. The van der Waals surface area contributed by atoms with E-state index in [1.54, 1.807) is 25.6 Å². The molecule has 1 aromatic carbocycles. The van der Waals surface area contributed by atoms with E-state index in [9.17, 15) is 9.59 Å². The van der Waals surface area contributed by atoms with Crippen molar-refractivity contribution >= 4 is 35.3 Å². The first-order chi connectivity index (χ1) is 11.6. The first-order valence-electron chi connectivity index (χ1n) is 7.87. The average molecular weight is 375 g/mol. The SMILES string of the molecule is CCOC(=O)C(CCOCCSc1ccc(Cl)cc1)C(=O)OCC. The number of thioether (sulfide) groups is 1. The molecule has 0 aliphatic rings. The second-order valence-corrected chi connectivity index (χ2v) is 6.36. The molecule has 5 nitrogen and oxygen atoms in total. The number of ether oxygens (including phenoxy) is 3. The molecule has 0 radical (unpaired) electrons. The minimum absolute atomic E-state index is 0.229. The van der Waals surface area contributed by atoms with Crippen LogP contribution in [0, 0.1) is 5.92 Å². The third-order valence-electron chi connectivity index (χ3n) is 3.00. The molecular weight excluding hydrogens is 352 g/mol. The van der Waals surface area contributed by atoms with E-state index in [2.05, 4.69) is 0 Å². The number of benzene rings is 1. The van der Waals surface area contributed by atoms with E-state index < -0.39 is 17.9 Å². The molecule has 0 aliphatic heterocycles. The van der Waals surface area contributed by atoms with Crippen LogP contribution in [-0.2, 0) is 23.8 Å². The van der Waals surface area contributed by atoms with Crippen LogP contribution in [0.15, 0.2) is 29.2 Å². The Kier molecular flexibility index (Phi) is 10.5. The van der Waals surface area contributed by atoms with Crippen LogP contribution in [-0.4, -0.2) is 44.1 Å². The Balaban J connectivity index is 2.27. The summed E-state index contributed by atoms with van der Waals surface area (Å²) in [6.45, 7) is 4.67. The summed E-state index contributed by atoms with van der Waals surface area (Å²) >= 11 is 7.48. The number of esters is 2. The van der Waals surface area contributed by atoms with Gasteiger partial charge in [0.25, 0.3) is 0 Å². The Labute approximate surface area is 152 Å². The normalized spacial score (nSPS) is 10.7. The predicted molar refractivity (Wildman–Crippen MR) is 94.4 cm³/mol. The van der Waals surface area contributed by atoms with Gasteiger partial charge in [0.15, 0.2) is 5.92 Å². The van der Waals surface area contributed by atoms with Crippen molar-refractivity contribution in [3.05, 3.63) is 29.3 Å². The molecule has 0 heterocycles. The van der Waals surface area contributed by atoms with E-state index in [4.69, 9.17) is 25.8 Å². The van der Waals surface area contributed by atoms with E-state index in [0.29, 0.717) is 18.2 Å².